The van der Waals surface area contributed by atoms with Gasteiger partial charge in [-0.25, -0.2) is 0 Å². The topological polar surface area (TPSA) is 46.3 Å². The molecule has 0 bridgehead atoms. The molecule has 80 valence electrons. The Kier molecular flexibility index (Phi) is 2.30. The third kappa shape index (κ3) is 1.34. The fraction of sp³-hybridized carbons (Fsp3) is 0.909. The summed E-state index contributed by atoms with van der Waals surface area (Å²) < 4.78 is 0. The van der Waals surface area contributed by atoms with Crippen LogP contribution in [0.3, 0.4) is 0 Å². The van der Waals surface area contributed by atoms with Crippen LogP contribution >= 0.6 is 0 Å². The second kappa shape index (κ2) is 3.23. The lowest BCUT2D eigenvalue weighted by molar-refractivity contribution is -0.141. The molecule has 2 aliphatic rings. The molecule has 3 heteroatoms. The van der Waals surface area contributed by atoms with Crippen molar-refractivity contribution in [1.82, 2.24) is 4.90 Å². The fourth-order valence-electron chi connectivity index (χ4n) is 2.38. The molecule has 3 nitrogen and oxygen atoms in total. The van der Waals surface area contributed by atoms with Crippen molar-refractivity contribution in [2.75, 3.05) is 6.54 Å². The van der Waals surface area contributed by atoms with Gasteiger partial charge in [-0.15, -0.1) is 0 Å². The first kappa shape index (κ1) is 9.97. The van der Waals surface area contributed by atoms with E-state index in [4.69, 9.17) is 5.73 Å². The number of carbonyl (C=O) groups excluding carboxylic acids is 1. The van der Waals surface area contributed by atoms with Crippen molar-refractivity contribution in [3.05, 3.63) is 0 Å². The van der Waals surface area contributed by atoms with Gasteiger partial charge in [-0.05, 0) is 33.1 Å². The molecule has 1 saturated heterocycles. The van der Waals surface area contributed by atoms with Crippen LogP contribution in [0.5, 0.6) is 0 Å². The van der Waals surface area contributed by atoms with Crippen LogP contribution in [-0.2, 0) is 4.79 Å². The van der Waals surface area contributed by atoms with Gasteiger partial charge in [0.25, 0.3) is 0 Å². The maximum absolute atomic E-state index is 12.1. The zero-order valence-corrected chi connectivity index (χ0v) is 9.12. The molecule has 0 radical (unpaired) electrons. The Labute approximate surface area is 85.6 Å². The summed E-state index contributed by atoms with van der Waals surface area (Å²) in [6.07, 6.45) is 4.34. The SMILES string of the molecule is CC1(C)C(N)CCN1C(=O)C1CCC1. The number of carbonyl (C=O) groups is 1. The zero-order valence-electron chi connectivity index (χ0n) is 9.12. The Balaban J connectivity index is 2.07. The average Bonchev–Trinajstić information content (AvgIpc) is 2.23. The van der Waals surface area contributed by atoms with E-state index in [2.05, 4.69) is 13.8 Å². The highest BCUT2D eigenvalue weighted by molar-refractivity contribution is 5.80. The monoisotopic (exact) mass is 196 g/mol. The number of amides is 1. The summed E-state index contributed by atoms with van der Waals surface area (Å²) in [7, 11) is 0. The molecule has 0 aromatic heterocycles. The molecule has 1 aliphatic carbocycles. The molecule has 1 atom stereocenters. The first-order chi connectivity index (χ1) is 6.53. The number of hydrogen-bond acceptors (Lipinski definition) is 2. The van der Waals surface area contributed by atoms with Crippen LogP contribution in [0, 0.1) is 5.92 Å². The van der Waals surface area contributed by atoms with E-state index in [9.17, 15) is 4.79 Å². The number of rotatable bonds is 1. The summed E-state index contributed by atoms with van der Waals surface area (Å²) in [6.45, 7) is 5.02. The summed E-state index contributed by atoms with van der Waals surface area (Å²) >= 11 is 0. The van der Waals surface area contributed by atoms with Crippen molar-refractivity contribution < 1.29 is 4.79 Å². The Morgan fingerprint density at radius 3 is 2.36 bits per heavy atom. The van der Waals surface area contributed by atoms with Crippen molar-refractivity contribution in [3.63, 3.8) is 0 Å². The van der Waals surface area contributed by atoms with Crippen molar-refractivity contribution in [1.29, 1.82) is 0 Å². The summed E-state index contributed by atoms with van der Waals surface area (Å²) in [5.41, 5.74) is 5.87. The quantitative estimate of drug-likeness (QED) is 0.683. The predicted octanol–water partition coefficient (Wildman–Crippen LogP) is 1.12. The third-order valence-electron chi connectivity index (χ3n) is 3.99. The van der Waals surface area contributed by atoms with Gasteiger partial charge in [0.1, 0.15) is 0 Å². The van der Waals surface area contributed by atoms with E-state index in [-0.39, 0.29) is 11.6 Å². The van der Waals surface area contributed by atoms with Crippen LogP contribution in [0.25, 0.3) is 0 Å². The second-order valence-corrected chi connectivity index (χ2v) is 5.17. The van der Waals surface area contributed by atoms with Gasteiger partial charge in [0.05, 0.1) is 5.54 Å². The van der Waals surface area contributed by atoms with Crippen molar-refractivity contribution in [2.24, 2.45) is 11.7 Å². The van der Waals surface area contributed by atoms with Gasteiger partial charge < -0.3 is 10.6 Å². The smallest absolute Gasteiger partial charge is 0.226 e. The average molecular weight is 196 g/mol. The largest absolute Gasteiger partial charge is 0.336 e. The lowest BCUT2D eigenvalue weighted by Crippen LogP contribution is -2.53. The second-order valence-electron chi connectivity index (χ2n) is 5.17. The molecular formula is C11H20N2O. The molecule has 1 heterocycles. The fourth-order valence-corrected chi connectivity index (χ4v) is 2.38. The summed E-state index contributed by atoms with van der Waals surface area (Å²) in [6, 6.07) is 0.145. The highest BCUT2D eigenvalue weighted by atomic mass is 16.2. The number of nitrogens with zero attached hydrogens (tertiary/aromatic N) is 1. The van der Waals surface area contributed by atoms with Gasteiger partial charge in [-0.3, -0.25) is 4.79 Å². The van der Waals surface area contributed by atoms with Crippen molar-refractivity contribution in [3.8, 4) is 0 Å². The van der Waals surface area contributed by atoms with Gasteiger partial charge in [-0.2, -0.15) is 0 Å². The van der Waals surface area contributed by atoms with E-state index in [0.29, 0.717) is 11.8 Å². The normalized spacial score (nSPS) is 31.6. The molecule has 1 aliphatic heterocycles. The first-order valence-electron chi connectivity index (χ1n) is 5.60. The molecular weight excluding hydrogens is 176 g/mol. The van der Waals surface area contributed by atoms with Gasteiger partial charge in [0.15, 0.2) is 0 Å². The maximum Gasteiger partial charge on any atom is 0.226 e. The summed E-state index contributed by atoms with van der Waals surface area (Å²) in [5.74, 6) is 0.647. The Hall–Kier alpha value is -0.570. The van der Waals surface area contributed by atoms with Gasteiger partial charge in [0, 0.05) is 18.5 Å². The van der Waals surface area contributed by atoms with Gasteiger partial charge in [-0.1, -0.05) is 6.42 Å². The van der Waals surface area contributed by atoms with E-state index in [1.54, 1.807) is 0 Å². The van der Waals surface area contributed by atoms with Crippen LogP contribution in [0.15, 0.2) is 0 Å². The van der Waals surface area contributed by atoms with Gasteiger partial charge in [0.2, 0.25) is 5.91 Å². The van der Waals surface area contributed by atoms with E-state index < -0.39 is 0 Å². The minimum atomic E-state index is -0.132. The molecule has 0 aromatic rings. The third-order valence-corrected chi connectivity index (χ3v) is 3.99. The Bertz CT molecular complexity index is 246. The molecule has 14 heavy (non-hydrogen) atoms. The van der Waals surface area contributed by atoms with Gasteiger partial charge >= 0.3 is 0 Å². The molecule has 1 unspecified atom stereocenters. The summed E-state index contributed by atoms with van der Waals surface area (Å²) in [5, 5.41) is 0. The molecule has 1 amide bonds. The van der Waals surface area contributed by atoms with Crippen molar-refractivity contribution in [2.45, 2.75) is 51.1 Å². The lowest BCUT2D eigenvalue weighted by Gasteiger charge is -2.38. The lowest BCUT2D eigenvalue weighted by atomic mass is 9.83. The molecule has 0 spiro atoms. The van der Waals surface area contributed by atoms with E-state index >= 15 is 0 Å². The van der Waals surface area contributed by atoms with Crippen LogP contribution in [0.1, 0.15) is 39.5 Å². The minimum absolute atomic E-state index is 0.132. The maximum atomic E-state index is 12.1. The van der Waals surface area contributed by atoms with Crippen molar-refractivity contribution >= 4 is 5.91 Å². The van der Waals surface area contributed by atoms with Crippen LogP contribution in [0.2, 0.25) is 0 Å². The standard InChI is InChI=1S/C11H20N2O/c1-11(2)9(12)6-7-13(11)10(14)8-4-3-5-8/h8-9H,3-7,12H2,1-2H3. The van der Waals surface area contributed by atoms with Crippen LogP contribution in [0.4, 0.5) is 0 Å². The highest BCUT2D eigenvalue weighted by Gasteiger charge is 2.44. The number of hydrogen-bond donors (Lipinski definition) is 1. The minimum Gasteiger partial charge on any atom is -0.336 e. The number of nitrogens with two attached hydrogens (primary N) is 1. The van der Waals surface area contributed by atoms with Crippen LogP contribution < -0.4 is 5.73 Å². The highest BCUT2D eigenvalue weighted by Crippen LogP contribution is 2.34. The van der Waals surface area contributed by atoms with E-state index in [0.717, 1.165) is 25.8 Å². The predicted molar refractivity (Wildman–Crippen MR) is 55.7 cm³/mol. The molecule has 1 saturated carbocycles. The molecule has 2 fully saturated rings. The number of likely N-dealkylation sites (tertiary alicyclic amines) is 1. The Morgan fingerprint density at radius 2 is 2.00 bits per heavy atom. The molecule has 2 rings (SSSR count). The molecule has 2 N–H and O–H groups in total. The van der Waals surface area contributed by atoms with E-state index in [1.165, 1.54) is 6.42 Å². The zero-order chi connectivity index (χ0) is 10.3. The first-order valence-corrected chi connectivity index (χ1v) is 5.60. The summed E-state index contributed by atoms with van der Waals surface area (Å²) in [4.78, 5) is 14.1. The Morgan fingerprint density at radius 1 is 1.36 bits per heavy atom. The van der Waals surface area contributed by atoms with Crippen LogP contribution in [-0.4, -0.2) is 28.9 Å². The van der Waals surface area contributed by atoms with E-state index in [1.807, 2.05) is 4.90 Å². The molecule has 0 aromatic carbocycles.